The molecule has 0 saturated carbocycles. The highest BCUT2D eigenvalue weighted by Crippen LogP contribution is 2.23. The van der Waals surface area contributed by atoms with E-state index >= 15 is 0 Å². The molecule has 0 unspecified atom stereocenters. The molecule has 0 bridgehead atoms. The van der Waals surface area contributed by atoms with Crippen molar-refractivity contribution in [2.24, 2.45) is 0 Å². The highest BCUT2D eigenvalue weighted by molar-refractivity contribution is 7.98. The van der Waals surface area contributed by atoms with E-state index in [0.29, 0.717) is 23.0 Å². The van der Waals surface area contributed by atoms with Crippen molar-refractivity contribution in [1.29, 1.82) is 0 Å². The number of H-pyrrole nitrogens is 1. The molecule has 9 heteroatoms. The predicted molar refractivity (Wildman–Crippen MR) is 75.8 cm³/mol. The third-order valence-corrected chi connectivity index (χ3v) is 3.79. The molecule has 0 aliphatic heterocycles. The molecule has 2 aromatic rings. The number of hydrogen-bond donors (Lipinski definition) is 1. The fourth-order valence-corrected chi connectivity index (χ4v) is 2.69. The number of halogens is 1. The molecule has 112 valence electrons. The summed E-state index contributed by atoms with van der Waals surface area (Å²) in [6, 6.07) is 3.75. The standard InChI is InChI=1S/C12H13FN4O3S/c1-2-5-16-11(18)14-15-12(16)21-7-8-3-4-10(17(19)20)9(13)6-8/h3-4,6H,2,5,7H2,1H3,(H,14,18). The van der Waals surface area contributed by atoms with Crippen LogP contribution < -0.4 is 5.69 Å². The average Bonchev–Trinajstić information content (AvgIpc) is 2.78. The summed E-state index contributed by atoms with van der Waals surface area (Å²) in [5.74, 6) is -0.505. The summed E-state index contributed by atoms with van der Waals surface area (Å²) in [6.45, 7) is 2.49. The minimum Gasteiger partial charge on any atom is -0.270 e. The predicted octanol–water partition coefficient (Wildman–Crippen LogP) is 2.32. The number of thioether (sulfide) groups is 1. The van der Waals surface area contributed by atoms with Gasteiger partial charge in [-0.25, -0.2) is 9.89 Å². The first-order valence-electron chi connectivity index (χ1n) is 6.23. The molecule has 1 N–H and O–H groups in total. The average molecular weight is 312 g/mol. The van der Waals surface area contributed by atoms with E-state index in [4.69, 9.17) is 0 Å². The molecule has 0 aliphatic rings. The van der Waals surface area contributed by atoms with Gasteiger partial charge in [0.1, 0.15) is 0 Å². The Morgan fingerprint density at radius 1 is 1.52 bits per heavy atom. The second kappa shape index (κ2) is 6.53. The number of nitrogens with zero attached hydrogens (tertiary/aromatic N) is 3. The molecular weight excluding hydrogens is 299 g/mol. The van der Waals surface area contributed by atoms with Gasteiger partial charge in [0, 0.05) is 18.4 Å². The lowest BCUT2D eigenvalue weighted by Gasteiger charge is -2.04. The van der Waals surface area contributed by atoms with Gasteiger partial charge in [-0.1, -0.05) is 24.8 Å². The molecule has 0 atom stereocenters. The first-order valence-corrected chi connectivity index (χ1v) is 7.22. The fraction of sp³-hybridized carbons (Fsp3) is 0.333. The summed E-state index contributed by atoms with van der Waals surface area (Å²) in [5.41, 5.74) is -0.248. The normalized spacial score (nSPS) is 10.8. The van der Waals surface area contributed by atoms with E-state index in [2.05, 4.69) is 10.2 Å². The molecule has 0 spiro atoms. The molecule has 0 radical (unpaired) electrons. The number of nitro benzene ring substituents is 1. The van der Waals surface area contributed by atoms with Crippen molar-refractivity contribution in [2.45, 2.75) is 30.8 Å². The lowest BCUT2D eigenvalue weighted by atomic mass is 10.2. The van der Waals surface area contributed by atoms with Crippen LogP contribution in [0.15, 0.2) is 28.2 Å². The molecule has 1 heterocycles. The first-order chi connectivity index (χ1) is 10.0. The van der Waals surface area contributed by atoms with E-state index in [1.54, 1.807) is 0 Å². The monoisotopic (exact) mass is 312 g/mol. The van der Waals surface area contributed by atoms with Gasteiger partial charge < -0.3 is 0 Å². The van der Waals surface area contributed by atoms with Gasteiger partial charge in [-0.3, -0.25) is 14.7 Å². The third-order valence-electron chi connectivity index (χ3n) is 2.75. The van der Waals surface area contributed by atoms with Crippen LogP contribution in [0.25, 0.3) is 0 Å². The van der Waals surface area contributed by atoms with Gasteiger partial charge in [-0.15, -0.1) is 5.10 Å². The summed E-state index contributed by atoms with van der Waals surface area (Å²) in [7, 11) is 0. The van der Waals surface area contributed by atoms with E-state index in [9.17, 15) is 19.3 Å². The Kier molecular flexibility index (Phi) is 4.73. The van der Waals surface area contributed by atoms with Crippen LogP contribution in [-0.4, -0.2) is 19.7 Å². The Morgan fingerprint density at radius 3 is 2.90 bits per heavy atom. The van der Waals surface area contributed by atoms with E-state index in [1.165, 1.54) is 22.4 Å². The maximum absolute atomic E-state index is 13.5. The van der Waals surface area contributed by atoms with Crippen molar-refractivity contribution in [3.63, 3.8) is 0 Å². The van der Waals surface area contributed by atoms with Gasteiger partial charge in [-0.05, 0) is 18.1 Å². The fourth-order valence-electron chi connectivity index (χ4n) is 1.77. The Balaban J connectivity index is 2.12. The highest BCUT2D eigenvalue weighted by atomic mass is 32.2. The number of benzene rings is 1. The Bertz CT molecular complexity index is 713. The van der Waals surface area contributed by atoms with Gasteiger partial charge in [-0.2, -0.15) is 4.39 Å². The molecule has 0 amide bonds. The Labute approximate surface area is 123 Å². The van der Waals surface area contributed by atoms with Crippen molar-refractivity contribution < 1.29 is 9.31 Å². The van der Waals surface area contributed by atoms with Crippen molar-refractivity contribution in [1.82, 2.24) is 14.8 Å². The number of aromatic nitrogens is 3. The zero-order valence-electron chi connectivity index (χ0n) is 11.2. The smallest absolute Gasteiger partial charge is 0.270 e. The molecule has 0 saturated heterocycles. The summed E-state index contributed by atoms with van der Waals surface area (Å²) < 4.78 is 15.0. The minimum absolute atomic E-state index is 0.283. The molecule has 1 aromatic carbocycles. The summed E-state index contributed by atoms with van der Waals surface area (Å²) >= 11 is 1.27. The number of hydrogen-bond acceptors (Lipinski definition) is 5. The molecule has 2 rings (SSSR count). The minimum atomic E-state index is -0.869. The van der Waals surface area contributed by atoms with Crippen LogP contribution in [0.4, 0.5) is 10.1 Å². The van der Waals surface area contributed by atoms with E-state index in [-0.39, 0.29) is 5.69 Å². The van der Waals surface area contributed by atoms with Crippen LogP contribution in [0.3, 0.4) is 0 Å². The van der Waals surface area contributed by atoms with Crippen LogP contribution >= 0.6 is 11.8 Å². The van der Waals surface area contributed by atoms with Gasteiger partial charge in [0.2, 0.25) is 5.82 Å². The number of nitrogens with one attached hydrogen (secondary N) is 1. The molecule has 21 heavy (non-hydrogen) atoms. The molecule has 0 aliphatic carbocycles. The van der Waals surface area contributed by atoms with E-state index in [0.717, 1.165) is 18.6 Å². The van der Waals surface area contributed by atoms with Crippen LogP contribution in [0.2, 0.25) is 0 Å². The maximum Gasteiger partial charge on any atom is 0.343 e. The Hall–Kier alpha value is -2.16. The largest absolute Gasteiger partial charge is 0.343 e. The highest BCUT2D eigenvalue weighted by Gasteiger charge is 2.14. The van der Waals surface area contributed by atoms with Gasteiger partial charge in [0.15, 0.2) is 5.16 Å². The maximum atomic E-state index is 13.5. The number of aromatic amines is 1. The zero-order valence-corrected chi connectivity index (χ0v) is 12.0. The van der Waals surface area contributed by atoms with Crippen molar-refractivity contribution in [2.75, 3.05) is 0 Å². The Morgan fingerprint density at radius 2 is 2.29 bits per heavy atom. The van der Waals surface area contributed by atoms with Gasteiger partial charge in [0.25, 0.3) is 0 Å². The van der Waals surface area contributed by atoms with Crippen LogP contribution in [0, 0.1) is 15.9 Å². The summed E-state index contributed by atoms with van der Waals surface area (Å²) in [4.78, 5) is 21.3. The topological polar surface area (TPSA) is 93.8 Å². The van der Waals surface area contributed by atoms with Crippen molar-refractivity contribution in [3.05, 3.63) is 50.2 Å². The zero-order chi connectivity index (χ0) is 15.4. The summed E-state index contributed by atoms with van der Waals surface area (Å²) in [5, 5.41) is 17.3. The molecule has 0 fully saturated rings. The van der Waals surface area contributed by atoms with Gasteiger partial charge in [0.05, 0.1) is 4.92 Å². The van der Waals surface area contributed by atoms with Crippen LogP contribution in [0.5, 0.6) is 0 Å². The van der Waals surface area contributed by atoms with Crippen LogP contribution in [-0.2, 0) is 12.3 Å². The second-order valence-corrected chi connectivity index (χ2v) is 5.24. The van der Waals surface area contributed by atoms with E-state index < -0.39 is 16.4 Å². The van der Waals surface area contributed by atoms with Crippen molar-refractivity contribution >= 4 is 17.4 Å². The van der Waals surface area contributed by atoms with Crippen molar-refractivity contribution in [3.8, 4) is 0 Å². The summed E-state index contributed by atoms with van der Waals surface area (Å²) in [6.07, 6.45) is 0.791. The number of nitro groups is 1. The quantitative estimate of drug-likeness (QED) is 0.502. The molecule has 1 aromatic heterocycles. The molecular formula is C12H13FN4O3S. The lowest BCUT2D eigenvalue weighted by Crippen LogP contribution is -2.17. The second-order valence-electron chi connectivity index (χ2n) is 4.29. The molecule has 7 nitrogen and oxygen atoms in total. The SMILES string of the molecule is CCCn1c(SCc2ccc([N+](=O)[O-])c(F)c2)n[nH]c1=O. The van der Waals surface area contributed by atoms with E-state index in [1.807, 2.05) is 6.92 Å². The third kappa shape index (κ3) is 3.48. The first kappa shape index (κ1) is 15.2. The van der Waals surface area contributed by atoms with Crippen LogP contribution in [0.1, 0.15) is 18.9 Å². The number of rotatable bonds is 6. The van der Waals surface area contributed by atoms with Gasteiger partial charge >= 0.3 is 11.4 Å². The lowest BCUT2D eigenvalue weighted by molar-refractivity contribution is -0.387.